The number of allylic oxidation sites excluding steroid dienone is 3. The van der Waals surface area contributed by atoms with Crippen molar-refractivity contribution in [2.24, 2.45) is 35.3 Å². The number of benzene rings is 3. The van der Waals surface area contributed by atoms with Gasteiger partial charge in [0.15, 0.2) is 0 Å². The molecule has 4 aliphatic carbocycles. The van der Waals surface area contributed by atoms with Crippen molar-refractivity contribution in [3.63, 3.8) is 0 Å². The highest BCUT2D eigenvalue weighted by atomic mass is 16.4. The Bertz CT molecular complexity index is 1910. The van der Waals surface area contributed by atoms with Gasteiger partial charge >= 0.3 is 5.97 Å². The molecule has 0 aromatic heterocycles. The molecule has 3 aromatic rings. The van der Waals surface area contributed by atoms with Crippen LogP contribution in [0.5, 0.6) is 5.75 Å². The predicted octanol–water partition coefficient (Wildman–Crippen LogP) is 9.23. The molecule has 7 atom stereocenters. The number of carboxylic acid groups (broad SMARTS) is 1. The molecule has 2 bridgehead atoms. The number of phenolic OH excluding ortho intramolecular Hbond substituents is 1. The molecule has 0 radical (unpaired) electrons. The number of hydrogen-bond donors (Lipinski definition) is 4. The first-order valence-electron chi connectivity index (χ1n) is 20.5. The van der Waals surface area contributed by atoms with E-state index in [4.69, 9.17) is 5.73 Å². The van der Waals surface area contributed by atoms with Crippen LogP contribution in [0, 0.1) is 29.6 Å². The summed E-state index contributed by atoms with van der Waals surface area (Å²) in [5, 5.41) is 34.8. The third-order valence-corrected chi connectivity index (χ3v) is 13.5. The van der Waals surface area contributed by atoms with Crippen molar-refractivity contribution in [3.05, 3.63) is 124 Å². The fraction of sp³-hybridized carbons (Fsp3) is 0.479. The zero-order valence-electron chi connectivity index (χ0n) is 31.3. The Balaban J connectivity index is 1.14. The number of rotatable bonds is 11. The molecule has 5 heteroatoms. The van der Waals surface area contributed by atoms with E-state index in [0.717, 1.165) is 67.0 Å². The van der Waals surface area contributed by atoms with E-state index in [9.17, 15) is 20.1 Å². The molecule has 3 aromatic carbocycles. The van der Waals surface area contributed by atoms with E-state index < -0.39 is 17.3 Å². The predicted molar refractivity (Wildman–Crippen MR) is 215 cm³/mol. The molecule has 53 heavy (non-hydrogen) atoms. The third-order valence-electron chi connectivity index (χ3n) is 13.5. The average molecular weight is 714 g/mol. The first-order valence-corrected chi connectivity index (χ1v) is 20.5. The fourth-order valence-corrected chi connectivity index (χ4v) is 10.6. The minimum absolute atomic E-state index is 0.113. The maximum Gasteiger partial charge on any atom is 0.307 e. The molecule has 4 aliphatic rings. The molecule has 5 N–H and O–H groups in total. The number of aliphatic carboxylic acids is 1. The SMILES string of the molecule is NCCC1=CC(CCCCCCC2CC=CCC(C(=O)O)C3(CCC4C=c5ccccc5=C(O)C4C3)c3cccc(c3)CC2c2ccc(O)cc2)CC1. The normalized spacial score (nSPS) is 28.2. The summed E-state index contributed by atoms with van der Waals surface area (Å²) < 4.78 is 0. The number of aliphatic hydroxyl groups excluding tert-OH is 1. The Hall–Kier alpha value is -4.09. The molecule has 0 aliphatic heterocycles. The van der Waals surface area contributed by atoms with E-state index in [1.807, 2.05) is 30.3 Å². The van der Waals surface area contributed by atoms with Gasteiger partial charge in [-0.25, -0.2) is 0 Å². The van der Waals surface area contributed by atoms with Crippen LogP contribution in [0.1, 0.15) is 112 Å². The number of aromatic hydroxyl groups is 1. The molecule has 1 spiro atoms. The Kier molecular flexibility index (Phi) is 11.9. The first-order chi connectivity index (χ1) is 25.8. The van der Waals surface area contributed by atoms with Crippen LogP contribution in [0.3, 0.4) is 0 Å². The summed E-state index contributed by atoms with van der Waals surface area (Å²) in [4.78, 5) is 13.3. The Labute approximate surface area is 316 Å². The number of carboxylic acids is 1. The molecule has 0 saturated heterocycles. The maximum atomic E-state index is 13.3. The topological polar surface area (TPSA) is 104 Å². The van der Waals surface area contributed by atoms with Gasteiger partial charge < -0.3 is 21.1 Å². The van der Waals surface area contributed by atoms with E-state index in [-0.39, 0.29) is 23.5 Å². The zero-order valence-corrected chi connectivity index (χ0v) is 31.3. The van der Waals surface area contributed by atoms with Gasteiger partial charge in [-0.3, -0.25) is 4.79 Å². The quantitative estimate of drug-likeness (QED) is 0.117. The molecule has 280 valence electrons. The van der Waals surface area contributed by atoms with Gasteiger partial charge in [0, 0.05) is 16.6 Å². The lowest BCUT2D eigenvalue weighted by atomic mass is 9.55. The monoisotopic (exact) mass is 713 g/mol. The largest absolute Gasteiger partial charge is 0.511 e. The van der Waals surface area contributed by atoms with Crippen LogP contribution in [0.4, 0.5) is 0 Å². The highest BCUT2D eigenvalue weighted by Crippen LogP contribution is 2.53. The molecule has 7 unspecified atom stereocenters. The standard InChI is InChI=1S/C48H59NO4/c49-27-25-34-19-18-33(28-34)10-3-1-2-4-12-36-13-6-8-17-45(47(52)53)48(26-24-39-31-38-14-5-7-16-42(38)46(51)44(39)32-48)40-15-9-11-35(29-40)30-43(36)37-20-22-41(50)23-21-37/h5-9,11,14-16,20-23,28-29,31,33,36,39,43-45,50-51H,1-4,10,12-13,17-19,24-27,30,32,49H2,(H,52,53). The highest BCUT2D eigenvalue weighted by molar-refractivity contribution is 5.73. The molecule has 7 rings (SSSR count). The van der Waals surface area contributed by atoms with Crippen LogP contribution >= 0.6 is 0 Å². The number of aliphatic hydroxyl groups is 1. The van der Waals surface area contributed by atoms with Crippen molar-refractivity contribution in [2.45, 2.75) is 108 Å². The smallest absolute Gasteiger partial charge is 0.307 e. The van der Waals surface area contributed by atoms with Crippen LogP contribution in [-0.2, 0) is 16.6 Å². The molecule has 0 amide bonds. The summed E-state index contributed by atoms with van der Waals surface area (Å²) in [7, 11) is 0. The number of hydrogen-bond acceptors (Lipinski definition) is 4. The first kappa shape index (κ1) is 37.2. The van der Waals surface area contributed by atoms with Gasteiger partial charge in [-0.05, 0) is 135 Å². The highest BCUT2D eigenvalue weighted by Gasteiger charge is 2.50. The van der Waals surface area contributed by atoms with Crippen LogP contribution in [-0.4, -0.2) is 27.8 Å². The van der Waals surface area contributed by atoms with Crippen LogP contribution in [0.25, 0.3) is 11.8 Å². The average Bonchev–Trinajstić information content (AvgIpc) is 3.62. The Morgan fingerprint density at radius 3 is 2.43 bits per heavy atom. The summed E-state index contributed by atoms with van der Waals surface area (Å²) >= 11 is 0. The van der Waals surface area contributed by atoms with Crippen molar-refractivity contribution in [1.82, 2.24) is 0 Å². The molecular weight excluding hydrogens is 655 g/mol. The van der Waals surface area contributed by atoms with Crippen molar-refractivity contribution in [3.8, 4) is 5.75 Å². The molecule has 1 saturated carbocycles. The second-order valence-corrected chi connectivity index (χ2v) is 16.7. The number of fused-ring (bicyclic) bond motifs is 5. The van der Waals surface area contributed by atoms with Gasteiger partial charge in [0.2, 0.25) is 0 Å². The Morgan fingerprint density at radius 1 is 0.830 bits per heavy atom. The number of carbonyl (C=O) groups is 1. The third kappa shape index (κ3) is 8.36. The van der Waals surface area contributed by atoms with E-state index in [0.29, 0.717) is 24.5 Å². The molecule has 5 nitrogen and oxygen atoms in total. The Morgan fingerprint density at radius 2 is 1.62 bits per heavy atom. The number of phenols is 1. The van der Waals surface area contributed by atoms with E-state index in [1.165, 1.54) is 56.1 Å². The zero-order chi connectivity index (χ0) is 36.8. The number of nitrogens with two attached hydrogens (primary N) is 1. The lowest BCUT2D eigenvalue weighted by Gasteiger charge is -2.48. The van der Waals surface area contributed by atoms with Gasteiger partial charge in [0.1, 0.15) is 11.5 Å². The van der Waals surface area contributed by atoms with E-state index in [1.54, 1.807) is 5.57 Å². The minimum Gasteiger partial charge on any atom is -0.511 e. The molecule has 0 heterocycles. The van der Waals surface area contributed by atoms with Gasteiger partial charge in [-0.2, -0.15) is 0 Å². The van der Waals surface area contributed by atoms with Crippen LogP contribution in [0.15, 0.2) is 96.6 Å². The van der Waals surface area contributed by atoms with Crippen molar-refractivity contribution >= 4 is 17.8 Å². The summed E-state index contributed by atoms with van der Waals surface area (Å²) in [5.74, 6) is 0.828. The van der Waals surface area contributed by atoms with Crippen LogP contribution in [0.2, 0.25) is 0 Å². The van der Waals surface area contributed by atoms with E-state index in [2.05, 4.69) is 66.8 Å². The molecular formula is C48H59NO4. The number of unbranched alkanes of at least 4 members (excludes halogenated alkanes) is 3. The van der Waals surface area contributed by atoms with Crippen molar-refractivity contribution < 1.29 is 20.1 Å². The van der Waals surface area contributed by atoms with Gasteiger partial charge in [-0.15, -0.1) is 0 Å². The summed E-state index contributed by atoms with van der Waals surface area (Å²) in [5.41, 5.74) is 10.3. The summed E-state index contributed by atoms with van der Waals surface area (Å²) in [6.07, 6.45) is 24.6. The fourth-order valence-electron chi connectivity index (χ4n) is 10.6. The lowest BCUT2D eigenvalue weighted by Crippen LogP contribution is -2.48. The lowest BCUT2D eigenvalue weighted by molar-refractivity contribution is -0.145. The van der Waals surface area contributed by atoms with Gasteiger partial charge in [-0.1, -0.05) is 116 Å². The second-order valence-electron chi connectivity index (χ2n) is 16.7. The summed E-state index contributed by atoms with van der Waals surface area (Å²) in [6.45, 7) is 0.756. The van der Waals surface area contributed by atoms with Crippen molar-refractivity contribution in [2.75, 3.05) is 6.54 Å². The second kappa shape index (κ2) is 16.9. The van der Waals surface area contributed by atoms with Gasteiger partial charge in [0.05, 0.1) is 5.92 Å². The van der Waals surface area contributed by atoms with E-state index >= 15 is 0 Å². The van der Waals surface area contributed by atoms with Crippen LogP contribution < -0.4 is 16.2 Å². The maximum absolute atomic E-state index is 13.3. The summed E-state index contributed by atoms with van der Waals surface area (Å²) in [6, 6.07) is 24.7. The van der Waals surface area contributed by atoms with Crippen molar-refractivity contribution in [1.29, 1.82) is 0 Å². The molecule has 1 fully saturated rings. The minimum atomic E-state index is -0.752. The van der Waals surface area contributed by atoms with Gasteiger partial charge in [0.25, 0.3) is 0 Å².